The first kappa shape index (κ1) is 40.9. The van der Waals surface area contributed by atoms with Gasteiger partial charge in [-0.3, -0.25) is 0 Å². The number of aliphatic hydroxyl groups excluding tert-OH is 12. The summed E-state index contributed by atoms with van der Waals surface area (Å²) in [4.78, 5) is 0. The molecule has 0 aromatic rings. The minimum atomic E-state index is -1.83. The number of ether oxygens (including phenoxy) is 10. The van der Waals surface area contributed by atoms with Gasteiger partial charge in [-0.25, -0.2) is 0 Å². The van der Waals surface area contributed by atoms with Crippen molar-refractivity contribution in [1.82, 2.24) is 0 Å². The highest BCUT2D eigenvalue weighted by atomic mass is 16.8. The standard InChI is InChI=1S/C27H48O22/c1-40-24-20(38)16(34)22(48-26-18(36)14(32)12(30)8(3-28)44-26)10(46-24)5-42-7-43-6-11-23(17(35)21(39)25(41-2)47-11)49-27-19(37)15(33)13(31)9(4-29)45-27/h8-39H,3-7H2,1-2H3/t8-,9-,10-,11-,12+,13+,14+,15+,16-,17-,18-,19-,20-,21-,22-,23-,24-,25-,26+,27+/m1/s1. The zero-order chi connectivity index (χ0) is 36.2. The maximum Gasteiger partial charge on any atom is 0.187 e. The van der Waals surface area contributed by atoms with Crippen LogP contribution in [0.1, 0.15) is 0 Å². The van der Waals surface area contributed by atoms with E-state index in [1.165, 1.54) is 14.2 Å². The van der Waals surface area contributed by atoms with Gasteiger partial charge in [-0.2, -0.15) is 0 Å². The summed E-state index contributed by atoms with van der Waals surface area (Å²) in [6.45, 7) is -2.83. The SMILES string of the molecule is CO[C@@H]1O[C@H](COCOC[C@H]2O[C@@H](OC)[C@H](O)[C@@H](O)[C@@H]2O[C@@H]2O[C@H](CO)[C@H](O)[C@H](O)[C@H]2O)[C@@H](O[C@@H]2O[C@H](CO)[C@H](O)[C@H](O)[C@H]2O)[C@H](O)[C@H]1O. The lowest BCUT2D eigenvalue weighted by Gasteiger charge is -2.46. The molecule has 0 aliphatic carbocycles. The number of methoxy groups -OCH3 is 2. The van der Waals surface area contributed by atoms with Crippen molar-refractivity contribution >= 4 is 0 Å². The minimum absolute atomic E-state index is 0.413. The van der Waals surface area contributed by atoms with Crippen LogP contribution in [0.2, 0.25) is 0 Å². The Morgan fingerprint density at radius 3 is 1.06 bits per heavy atom. The lowest BCUT2D eigenvalue weighted by atomic mass is 9.97. The van der Waals surface area contributed by atoms with E-state index in [0.29, 0.717) is 0 Å². The van der Waals surface area contributed by atoms with E-state index in [9.17, 15) is 61.3 Å². The molecule has 4 aliphatic rings. The third-order valence-electron chi connectivity index (χ3n) is 8.76. The van der Waals surface area contributed by atoms with E-state index in [0.717, 1.165) is 0 Å². The highest BCUT2D eigenvalue weighted by molar-refractivity contribution is 4.96. The van der Waals surface area contributed by atoms with Crippen molar-refractivity contribution in [1.29, 1.82) is 0 Å². The van der Waals surface area contributed by atoms with Crippen LogP contribution in [-0.2, 0) is 47.4 Å². The molecular formula is C27H48O22. The lowest BCUT2D eigenvalue weighted by molar-refractivity contribution is -0.361. The Morgan fingerprint density at radius 2 is 0.735 bits per heavy atom. The topological polar surface area (TPSA) is 335 Å². The lowest BCUT2D eigenvalue weighted by Crippen LogP contribution is -2.64. The molecule has 22 nitrogen and oxygen atoms in total. The monoisotopic (exact) mass is 724 g/mol. The predicted molar refractivity (Wildman–Crippen MR) is 149 cm³/mol. The van der Waals surface area contributed by atoms with Crippen molar-refractivity contribution in [2.24, 2.45) is 0 Å². The molecule has 0 amide bonds. The van der Waals surface area contributed by atoms with Crippen LogP contribution < -0.4 is 0 Å². The Bertz CT molecular complexity index is 905. The van der Waals surface area contributed by atoms with Crippen LogP contribution in [0.3, 0.4) is 0 Å². The minimum Gasteiger partial charge on any atom is -0.394 e. The quantitative estimate of drug-likeness (QED) is 0.0584. The molecule has 4 fully saturated rings. The maximum atomic E-state index is 10.8. The second-order valence-electron chi connectivity index (χ2n) is 12.0. The zero-order valence-electron chi connectivity index (χ0n) is 26.5. The largest absolute Gasteiger partial charge is 0.394 e. The third-order valence-corrected chi connectivity index (χ3v) is 8.76. The molecule has 12 N–H and O–H groups in total. The normalized spacial score (nSPS) is 49.6. The van der Waals surface area contributed by atoms with Gasteiger partial charge in [0.1, 0.15) is 104 Å². The predicted octanol–water partition coefficient (Wildman–Crippen LogP) is -8.47. The van der Waals surface area contributed by atoms with Crippen molar-refractivity contribution in [3.05, 3.63) is 0 Å². The van der Waals surface area contributed by atoms with E-state index in [-0.39, 0.29) is 0 Å². The summed E-state index contributed by atoms with van der Waals surface area (Å²) >= 11 is 0. The van der Waals surface area contributed by atoms with Crippen LogP contribution in [0, 0.1) is 0 Å². The van der Waals surface area contributed by atoms with Crippen LogP contribution in [0.25, 0.3) is 0 Å². The molecule has 4 heterocycles. The molecule has 288 valence electrons. The van der Waals surface area contributed by atoms with Gasteiger partial charge in [0.2, 0.25) is 0 Å². The summed E-state index contributed by atoms with van der Waals surface area (Å²) in [5.74, 6) is 0. The fourth-order valence-electron chi connectivity index (χ4n) is 5.86. The molecule has 0 unspecified atom stereocenters. The summed E-state index contributed by atoms with van der Waals surface area (Å²) in [6, 6.07) is 0. The fraction of sp³-hybridized carbons (Fsp3) is 1.00. The molecule has 0 bridgehead atoms. The van der Waals surface area contributed by atoms with Gasteiger partial charge in [-0.05, 0) is 0 Å². The van der Waals surface area contributed by atoms with E-state index in [1.807, 2.05) is 0 Å². The molecule has 0 aromatic carbocycles. The highest BCUT2D eigenvalue weighted by Gasteiger charge is 2.52. The Hall–Kier alpha value is -0.880. The Labute approximate surface area is 279 Å². The van der Waals surface area contributed by atoms with Crippen LogP contribution in [0.4, 0.5) is 0 Å². The molecule has 4 rings (SSSR count). The molecular weight excluding hydrogens is 676 g/mol. The fourth-order valence-corrected chi connectivity index (χ4v) is 5.86. The molecule has 49 heavy (non-hydrogen) atoms. The Kier molecular flexibility index (Phi) is 15.2. The smallest absolute Gasteiger partial charge is 0.187 e. The van der Waals surface area contributed by atoms with Gasteiger partial charge in [0.05, 0.1) is 26.4 Å². The summed E-state index contributed by atoms with van der Waals surface area (Å²) in [6.07, 6.45) is -31.5. The van der Waals surface area contributed by atoms with Gasteiger partial charge in [0.15, 0.2) is 25.2 Å². The van der Waals surface area contributed by atoms with Crippen molar-refractivity contribution in [2.75, 3.05) is 47.4 Å². The van der Waals surface area contributed by atoms with E-state index >= 15 is 0 Å². The van der Waals surface area contributed by atoms with E-state index in [4.69, 9.17) is 47.4 Å². The van der Waals surface area contributed by atoms with Crippen molar-refractivity contribution in [2.45, 2.75) is 123 Å². The first-order chi connectivity index (χ1) is 23.3. The first-order valence-electron chi connectivity index (χ1n) is 15.5. The first-order valence-corrected chi connectivity index (χ1v) is 15.5. The van der Waals surface area contributed by atoms with Crippen molar-refractivity contribution in [3.8, 4) is 0 Å². The summed E-state index contributed by atoms with van der Waals surface area (Å²) in [5.41, 5.74) is 0. The molecule has 0 saturated carbocycles. The summed E-state index contributed by atoms with van der Waals surface area (Å²) in [7, 11) is 2.40. The van der Waals surface area contributed by atoms with E-state index in [2.05, 4.69) is 0 Å². The van der Waals surface area contributed by atoms with Gasteiger partial charge >= 0.3 is 0 Å². The molecule has 4 aliphatic heterocycles. The summed E-state index contributed by atoms with van der Waals surface area (Å²) in [5, 5.41) is 123. The number of hydrogen-bond acceptors (Lipinski definition) is 22. The third kappa shape index (κ3) is 9.02. The van der Waals surface area contributed by atoms with Gasteiger partial charge < -0.3 is 109 Å². The second kappa shape index (κ2) is 18.2. The Balaban J connectivity index is 1.38. The average molecular weight is 725 g/mol. The van der Waals surface area contributed by atoms with Crippen molar-refractivity contribution < 1.29 is 109 Å². The second-order valence-corrected chi connectivity index (χ2v) is 12.0. The van der Waals surface area contributed by atoms with Crippen LogP contribution >= 0.6 is 0 Å². The van der Waals surface area contributed by atoms with E-state index in [1.54, 1.807) is 0 Å². The van der Waals surface area contributed by atoms with Crippen LogP contribution in [-0.4, -0.2) is 232 Å². The van der Waals surface area contributed by atoms with Gasteiger partial charge in [0.25, 0.3) is 0 Å². The van der Waals surface area contributed by atoms with Gasteiger partial charge in [-0.1, -0.05) is 0 Å². The zero-order valence-corrected chi connectivity index (χ0v) is 26.5. The molecule has 0 radical (unpaired) electrons. The van der Waals surface area contributed by atoms with Crippen LogP contribution in [0.15, 0.2) is 0 Å². The van der Waals surface area contributed by atoms with Gasteiger partial charge in [-0.15, -0.1) is 0 Å². The molecule has 22 heteroatoms. The molecule has 0 spiro atoms. The van der Waals surface area contributed by atoms with Crippen LogP contribution in [0.5, 0.6) is 0 Å². The van der Waals surface area contributed by atoms with Gasteiger partial charge in [0, 0.05) is 14.2 Å². The molecule has 4 saturated heterocycles. The molecule has 20 atom stereocenters. The van der Waals surface area contributed by atoms with Crippen molar-refractivity contribution in [3.63, 3.8) is 0 Å². The number of aliphatic hydroxyl groups is 12. The number of hydrogen-bond donors (Lipinski definition) is 12. The highest BCUT2D eigenvalue weighted by Crippen LogP contribution is 2.31. The average Bonchev–Trinajstić information content (AvgIpc) is 3.10. The number of rotatable bonds is 14. The molecule has 0 aromatic heterocycles. The Morgan fingerprint density at radius 1 is 0.408 bits per heavy atom. The summed E-state index contributed by atoms with van der Waals surface area (Å²) < 4.78 is 54.5. The van der Waals surface area contributed by atoms with E-state index < -0.39 is 156 Å². The maximum absolute atomic E-state index is 10.8.